The number of hydrogen-bond donors (Lipinski definition) is 0. The molecule has 1 aromatic heterocycles. The van der Waals surface area contributed by atoms with Crippen molar-refractivity contribution < 1.29 is 22.7 Å². The second kappa shape index (κ2) is 6.33. The van der Waals surface area contributed by atoms with Crippen molar-refractivity contribution in [2.75, 3.05) is 7.11 Å². The molecule has 2 aromatic carbocycles. The van der Waals surface area contributed by atoms with Crippen LogP contribution in [0.3, 0.4) is 0 Å². The fourth-order valence-electron chi connectivity index (χ4n) is 2.78. The van der Waals surface area contributed by atoms with Crippen LogP contribution in [-0.4, -0.2) is 17.6 Å². The highest BCUT2D eigenvalue weighted by Gasteiger charge is 2.30. The maximum Gasteiger partial charge on any atom is 0.416 e. The summed E-state index contributed by atoms with van der Waals surface area (Å²) in [5.41, 5.74) is 0.631. The van der Waals surface area contributed by atoms with Crippen LogP contribution in [0.4, 0.5) is 13.2 Å². The number of pyridine rings is 1. The van der Waals surface area contributed by atoms with Crippen molar-refractivity contribution in [1.82, 2.24) is 4.57 Å². The minimum atomic E-state index is -4.43. The van der Waals surface area contributed by atoms with E-state index >= 15 is 0 Å². The molecule has 0 aliphatic carbocycles. The Kier molecular flexibility index (Phi) is 4.31. The first kappa shape index (κ1) is 17.7. The van der Waals surface area contributed by atoms with Gasteiger partial charge in [0.1, 0.15) is 0 Å². The van der Waals surface area contributed by atoms with Gasteiger partial charge in [0.2, 0.25) is 0 Å². The summed E-state index contributed by atoms with van der Waals surface area (Å²) in [6.07, 6.45) is -4.43. The van der Waals surface area contributed by atoms with Gasteiger partial charge in [0.05, 0.1) is 23.8 Å². The lowest BCUT2D eigenvalue weighted by Crippen LogP contribution is -2.17. The van der Waals surface area contributed by atoms with Gasteiger partial charge in [0.15, 0.2) is 0 Å². The van der Waals surface area contributed by atoms with Crippen molar-refractivity contribution in [1.29, 1.82) is 0 Å². The molecule has 0 saturated carbocycles. The quantitative estimate of drug-likeness (QED) is 0.648. The molecule has 0 radical (unpaired) electrons. The molecule has 3 aromatic rings. The average molecular weight is 361 g/mol. The lowest BCUT2D eigenvalue weighted by molar-refractivity contribution is -0.137. The number of halogens is 3. The molecule has 0 N–H and O–H groups in total. The van der Waals surface area contributed by atoms with Gasteiger partial charge in [-0.05, 0) is 35.4 Å². The van der Waals surface area contributed by atoms with Crippen LogP contribution < -0.4 is 5.56 Å². The number of aromatic nitrogens is 1. The van der Waals surface area contributed by atoms with Gasteiger partial charge in [-0.1, -0.05) is 18.2 Å². The van der Waals surface area contributed by atoms with Gasteiger partial charge in [-0.2, -0.15) is 13.2 Å². The summed E-state index contributed by atoms with van der Waals surface area (Å²) in [4.78, 5) is 24.0. The summed E-state index contributed by atoms with van der Waals surface area (Å²) in [6.45, 7) is 0. The molecule has 0 aliphatic heterocycles. The third-order valence-electron chi connectivity index (χ3n) is 4.19. The van der Waals surface area contributed by atoms with Gasteiger partial charge in [0, 0.05) is 18.5 Å². The van der Waals surface area contributed by atoms with E-state index in [-0.39, 0.29) is 11.1 Å². The Morgan fingerprint density at radius 2 is 1.69 bits per heavy atom. The van der Waals surface area contributed by atoms with Crippen LogP contribution in [0.15, 0.2) is 53.3 Å². The molecule has 0 unspecified atom stereocenters. The summed E-state index contributed by atoms with van der Waals surface area (Å²) in [7, 11) is 2.81. The van der Waals surface area contributed by atoms with Crippen LogP contribution in [0.25, 0.3) is 22.0 Å². The van der Waals surface area contributed by atoms with Gasteiger partial charge < -0.3 is 9.30 Å². The maximum atomic E-state index is 12.7. The van der Waals surface area contributed by atoms with Gasteiger partial charge in [-0.3, -0.25) is 4.79 Å². The van der Waals surface area contributed by atoms with Gasteiger partial charge in [-0.25, -0.2) is 4.79 Å². The Morgan fingerprint density at radius 1 is 1.04 bits per heavy atom. The summed E-state index contributed by atoms with van der Waals surface area (Å²) < 4.78 is 44.3. The Bertz CT molecular complexity index is 1050. The number of fused-ring (bicyclic) bond motifs is 1. The van der Waals surface area contributed by atoms with Crippen LogP contribution in [-0.2, 0) is 18.0 Å². The number of methoxy groups -OCH3 is 1. The van der Waals surface area contributed by atoms with E-state index in [0.29, 0.717) is 22.0 Å². The normalized spacial score (nSPS) is 11.6. The molecule has 0 aliphatic rings. The zero-order valence-electron chi connectivity index (χ0n) is 13.9. The van der Waals surface area contributed by atoms with Gasteiger partial charge >= 0.3 is 12.1 Å². The zero-order chi connectivity index (χ0) is 19.1. The summed E-state index contributed by atoms with van der Waals surface area (Å²) in [5, 5.41) is 0.638. The Hall–Kier alpha value is -3.09. The number of nitrogens with zero attached hydrogens (tertiary/aromatic N) is 1. The van der Waals surface area contributed by atoms with Gasteiger partial charge in [0.25, 0.3) is 5.56 Å². The fourth-order valence-corrected chi connectivity index (χ4v) is 2.78. The molecule has 26 heavy (non-hydrogen) atoms. The standard InChI is InChI=1S/C19H14F3NO3/c1-23-16-9-12(18(25)26-2)5-8-14(16)15(10-17(23)24)11-3-6-13(7-4-11)19(20,21)22/h3-10H,1-2H3. The average Bonchev–Trinajstić information content (AvgIpc) is 2.63. The molecule has 0 amide bonds. The SMILES string of the molecule is COC(=O)c1ccc2c(-c3ccc(C(F)(F)F)cc3)cc(=O)n(C)c2c1. The first-order valence-electron chi connectivity index (χ1n) is 7.62. The number of esters is 1. The number of alkyl halides is 3. The Balaban J connectivity index is 2.22. The van der Waals surface area contributed by atoms with Crippen LogP contribution in [0.5, 0.6) is 0 Å². The van der Waals surface area contributed by atoms with Crippen LogP contribution >= 0.6 is 0 Å². The minimum absolute atomic E-state index is 0.277. The number of aryl methyl sites for hydroxylation is 1. The van der Waals surface area contributed by atoms with E-state index in [2.05, 4.69) is 4.74 Å². The number of hydrogen-bond acceptors (Lipinski definition) is 3. The number of ether oxygens (including phenoxy) is 1. The molecule has 0 fully saturated rings. The topological polar surface area (TPSA) is 48.3 Å². The summed E-state index contributed by atoms with van der Waals surface area (Å²) in [5.74, 6) is -0.542. The van der Waals surface area contributed by atoms with E-state index < -0.39 is 17.7 Å². The Labute approximate surface area is 146 Å². The van der Waals surface area contributed by atoms with Crippen molar-refractivity contribution in [2.45, 2.75) is 6.18 Å². The summed E-state index contributed by atoms with van der Waals surface area (Å²) in [6, 6.07) is 10.7. The van der Waals surface area contributed by atoms with E-state index in [0.717, 1.165) is 12.1 Å². The molecular formula is C19H14F3NO3. The van der Waals surface area contributed by atoms with Crippen molar-refractivity contribution >= 4 is 16.9 Å². The van der Waals surface area contributed by atoms with E-state index in [9.17, 15) is 22.8 Å². The van der Waals surface area contributed by atoms with Crippen LogP contribution in [0.2, 0.25) is 0 Å². The predicted molar refractivity (Wildman–Crippen MR) is 91.0 cm³/mol. The van der Waals surface area contributed by atoms with Crippen LogP contribution in [0, 0.1) is 0 Å². The maximum absolute atomic E-state index is 12.7. The first-order valence-corrected chi connectivity index (χ1v) is 7.62. The largest absolute Gasteiger partial charge is 0.465 e. The molecule has 0 spiro atoms. The minimum Gasteiger partial charge on any atom is -0.465 e. The lowest BCUT2D eigenvalue weighted by Gasteiger charge is -2.13. The highest BCUT2D eigenvalue weighted by atomic mass is 19.4. The number of benzene rings is 2. The van der Waals surface area contributed by atoms with Gasteiger partial charge in [-0.15, -0.1) is 0 Å². The highest BCUT2D eigenvalue weighted by Crippen LogP contribution is 2.33. The number of carbonyl (C=O) groups is 1. The van der Waals surface area contributed by atoms with E-state index in [1.54, 1.807) is 19.2 Å². The second-order valence-electron chi connectivity index (χ2n) is 5.75. The zero-order valence-corrected chi connectivity index (χ0v) is 13.9. The highest BCUT2D eigenvalue weighted by molar-refractivity contribution is 5.99. The molecular weight excluding hydrogens is 347 g/mol. The molecule has 3 rings (SSSR count). The van der Waals surface area contributed by atoms with E-state index in [1.807, 2.05) is 0 Å². The molecule has 7 heteroatoms. The monoisotopic (exact) mass is 361 g/mol. The Morgan fingerprint density at radius 3 is 2.27 bits per heavy atom. The molecule has 134 valence electrons. The van der Waals surface area contributed by atoms with Crippen molar-refractivity contribution in [3.05, 3.63) is 70.0 Å². The molecule has 0 atom stereocenters. The van der Waals surface area contributed by atoms with Crippen molar-refractivity contribution in [3.63, 3.8) is 0 Å². The van der Waals surface area contributed by atoms with Crippen molar-refractivity contribution in [3.8, 4) is 11.1 Å². The first-order chi connectivity index (χ1) is 12.2. The third kappa shape index (κ3) is 3.08. The van der Waals surface area contributed by atoms with Crippen molar-refractivity contribution in [2.24, 2.45) is 7.05 Å². The molecule has 1 heterocycles. The van der Waals surface area contributed by atoms with Crippen LogP contribution in [0.1, 0.15) is 15.9 Å². The van der Waals surface area contributed by atoms with E-state index in [1.165, 1.54) is 35.9 Å². The molecule has 0 saturated heterocycles. The fraction of sp³-hybridized carbons (Fsp3) is 0.158. The summed E-state index contributed by atoms with van der Waals surface area (Å²) >= 11 is 0. The third-order valence-corrected chi connectivity index (χ3v) is 4.19. The van der Waals surface area contributed by atoms with E-state index in [4.69, 9.17) is 0 Å². The molecule has 4 nitrogen and oxygen atoms in total. The number of carbonyl (C=O) groups excluding carboxylic acids is 1. The lowest BCUT2D eigenvalue weighted by atomic mass is 9.98. The second-order valence-corrected chi connectivity index (χ2v) is 5.75. The number of rotatable bonds is 2. The molecule has 0 bridgehead atoms. The predicted octanol–water partition coefficient (Wildman–Crippen LogP) is 4.01. The smallest absolute Gasteiger partial charge is 0.416 e.